The largest absolute Gasteiger partial charge is 0.490 e. The number of thioether (sulfide) groups is 1. The van der Waals surface area contributed by atoms with E-state index in [1.54, 1.807) is 23.9 Å². The van der Waals surface area contributed by atoms with E-state index in [2.05, 4.69) is 10.2 Å². The van der Waals surface area contributed by atoms with E-state index >= 15 is 0 Å². The van der Waals surface area contributed by atoms with E-state index in [9.17, 15) is 4.79 Å². The molecular formula is C12H11Cl3N2O3S. The van der Waals surface area contributed by atoms with Crippen LogP contribution in [0.15, 0.2) is 21.3 Å². The summed E-state index contributed by atoms with van der Waals surface area (Å²) in [6.07, 6.45) is 0.786. The smallest absolute Gasteiger partial charge is 0.434 e. The van der Waals surface area contributed by atoms with Gasteiger partial charge in [-0.05, 0) is 24.3 Å². The highest BCUT2D eigenvalue weighted by molar-refractivity contribution is 7.98. The normalized spacial score (nSPS) is 10.8. The second-order valence-electron chi connectivity index (χ2n) is 3.96. The number of ether oxygens (including phenoxy) is 1. The molecule has 114 valence electrons. The van der Waals surface area contributed by atoms with Crippen LogP contribution in [-0.4, -0.2) is 22.6 Å². The first-order chi connectivity index (χ1) is 10.1. The summed E-state index contributed by atoms with van der Waals surface area (Å²) in [4.78, 5) is 10.7. The molecule has 0 aliphatic heterocycles. The molecule has 1 aromatic heterocycles. The van der Waals surface area contributed by atoms with Gasteiger partial charge in [-0.15, -0.1) is 5.10 Å². The monoisotopic (exact) mass is 368 g/mol. The lowest BCUT2D eigenvalue weighted by Crippen LogP contribution is -2.00. The number of halogens is 3. The summed E-state index contributed by atoms with van der Waals surface area (Å²) in [7, 11) is 0. The van der Waals surface area contributed by atoms with Gasteiger partial charge in [0.2, 0.25) is 5.89 Å². The van der Waals surface area contributed by atoms with Crippen molar-refractivity contribution in [2.45, 2.75) is 12.2 Å². The van der Waals surface area contributed by atoms with Gasteiger partial charge in [-0.25, -0.2) is 9.89 Å². The van der Waals surface area contributed by atoms with Gasteiger partial charge in [-0.2, -0.15) is 11.8 Å². The quantitative estimate of drug-likeness (QED) is 0.746. The SMILES string of the molecule is O=c1[nH]nc(CSCCCOc2c(Cl)cc(Cl)cc2Cl)o1. The molecule has 0 saturated carbocycles. The highest BCUT2D eigenvalue weighted by Crippen LogP contribution is 2.35. The molecule has 0 spiro atoms. The fourth-order valence-electron chi connectivity index (χ4n) is 1.48. The predicted molar refractivity (Wildman–Crippen MR) is 84.9 cm³/mol. The van der Waals surface area contributed by atoms with Crippen LogP contribution in [0, 0.1) is 0 Å². The van der Waals surface area contributed by atoms with Crippen LogP contribution in [0.5, 0.6) is 5.75 Å². The first-order valence-corrected chi connectivity index (χ1v) is 8.24. The standard InChI is InChI=1S/C12H11Cl3N2O3S/c13-7-4-8(14)11(9(15)5-7)19-2-1-3-21-6-10-16-17-12(18)20-10/h4-5H,1-3,6H2,(H,17,18). The number of H-pyrrole nitrogens is 1. The molecule has 0 unspecified atom stereocenters. The van der Waals surface area contributed by atoms with Crippen molar-refractivity contribution in [3.05, 3.63) is 43.6 Å². The lowest BCUT2D eigenvalue weighted by Gasteiger charge is -2.10. The summed E-state index contributed by atoms with van der Waals surface area (Å²) in [5, 5.41) is 7.16. The summed E-state index contributed by atoms with van der Waals surface area (Å²) in [5.41, 5.74) is 0. The third-order valence-corrected chi connectivity index (χ3v) is 4.16. The maximum absolute atomic E-state index is 10.7. The van der Waals surface area contributed by atoms with Crippen LogP contribution in [-0.2, 0) is 5.75 Å². The molecule has 5 nitrogen and oxygen atoms in total. The van der Waals surface area contributed by atoms with Gasteiger partial charge in [0.05, 0.1) is 22.4 Å². The first kappa shape index (κ1) is 16.5. The first-order valence-electron chi connectivity index (χ1n) is 5.95. The maximum atomic E-state index is 10.7. The molecule has 2 aromatic rings. The minimum absolute atomic E-state index is 0.384. The number of nitrogens with one attached hydrogen (secondary N) is 1. The number of hydrogen-bond acceptors (Lipinski definition) is 5. The van der Waals surface area contributed by atoms with Crippen molar-refractivity contribution >= 4 is 46.6 Å². The maximum Gasteiger partial charge on any atom is 0.434 e. The van der Waals surface area contributed by atoms with Crippen LogP contribution in [0.25, 0.3) is 0 Å². The molecule has 0 saturated heterocycles. The molecule has 0 aliphatic rings. The van der Waals surface area contributed by atoms with Crippen LogP contribution in [0.4, 0.5) is 0 Å². The number of aromatic amines is 1. The summed E-state index contributed by atoms with van der Waals surface area (Å²) in [6, 6.07) is 3.16. The van der Waals surface area contributed by atoms with E-state index in [1.807, 2.05) is 0 Å². The topological polar surface area (TPSA) is 68.1 Å². The zero-order valence-electron chi connectivity index (χ0n) is 10.7. The lowest BCUT2D eigenvalue weighted by atomic mass is 10.3. The Morgan fingerprint density at radius 1 is 1.29 bits per heavy atom. The Morgan fingerprint density at radius 3 is 2.62 bits per heavy atom. The van der Waals surface area contributed by atoms with E-state index in [4.69, 9.17) is 44.0 Å². The molecule has 21 heavy (non-hydrogen) atoms. The lowest BCUT2D eigenvalue weighted by molar-refractivity contribution is 0.319. The zero-order chi connectivity index (χ0) is 15.2. The van der Waals surface area contributed by atoms with Gasteiger partial charge in [-0.1, -0.05) is 34.8 Å². The average molecular weight is 370 g/mol. The van der Waals surface area contributed by atoms with Crippen molar-refractivity contribution in [3.63, 3.8) is 0 Å². The Bertz CT molecular complexity index is 636. The van der Waals surface area contributed by atoms with Crippen LogP contribution in [0.3, 0.4) is 0 Å². The van der Waals surface area contributed by atoms with Crippen LogP contribution >= 0.6 is 46.6 Å². The molecule has 0 atom stereocenters. The Balaban J connectivity index is 1.69. The van der Waals surface area contributed by atoms with E-state index in [-0.39, 0.29) is 0 Å². The number of rotatable bonds is 7. The summed E-state index contributed by atoms with van der Waals surface area (Å²) >= 11 is 19.4. The van der Waals surface area contributed by atoms with Gasteiger partial charge in [0.15, 0.2) is 5.75 Å². The fraction of sp³-hybridized carbons (Fsp3) is 0.333. The summed E-state index contributed by atoms with van der Waals surface area (Å²) in [6.45, 7) is 0.471. The van der Waals surface area contributed by atoms with Crippen molar-refractivity contribution in [1.29, 1.82) is 0 Å². The Labute approximate surface area is 139 Å². The molecule has 0 fully saturated rings. The number of aromatic nitrogens is 2. The van der Waals surface area contributed by atoms with Gasteiger partial charge in [0.1, 0.15) is 0 Å². The highest BCUT2D eigenvalue weighted by atomic mass is 35.5. The van der Waals surface area contributed by atoms with E-state index in [0.717, 1.165) is 12.2 Å². The number of benzene rings is 1. The van der Waals surface area contributed by atoms with E-state index in [1.165, 1.54) is 0 Å². The molecule has 0 amide bonds. The second-order valence-corrected chi connectivity index (χ2v) is 6.32. The van der Waals surface area contributed by atoms with Gasteiger partial charge in [0.25, 0.3) is 0 Å². The fourth-order valence-corrected chi connectivity index (χ4v) is 3.17. The highest BCUT2D eigenvalue weighted by Gasteiger charge is 2.09. The van der Waals surface area contributed by atoms with Crippen molar-refractivity contribution in [2.24, 2.45) is 0 Å². The Hall–Kier alpha value is -0.820. The van der Waals surface area contributed by atoms with Gasteiger partial charge in [-0.3, -0.25) is 0 Å². The van der Waals surface area contributed by atoms with Crippen molar-refractivity contribution in [1.82, 2.24) is 10.2 Å². The Morgan fingerprint density at radius 2 is 2.00 bits per heavy atom. The van der Waals surface area contributed by atoms with E-state index in [0.29, 0.717) is 39.1 Å². The van der Waals surface area contributed by atoms with Crippen LogP contribution in [0.2, 0.25) is 15.1 Å². The second kappa shape index (κ2) is 7.98. The van der Waals surface area contributed by atoms with Crippen LogP contribution < -0.4 is 10.5 Å². The molecule has 2 rings (SSSR count). The average Bonchev–Trinajstić information content (AvgIpc) is 2.81. The van der Waals surface area contributed by atoms with E-state index < -0.39 is 5.76 Å². The molecular weight excluding hydrogens is 359 g/mol. The summed E-state index contributed by atoms with van der Waals surface area (Å²) < 4.78 is 10.3. The molecule has 1 aromatic carbocycles. The molecule has 0 bridgehead atoms. The van der Waals surface area contributed by atoms with Gasteiger partial charge in [0, 0.05) is 5.02 Å². The van der Waals surface area contributed by atoms with Crippen LogP contribution in [0.1, 0.15) is 12.3 Å². The molecule has 1 N–H and O–H groups in total. The van der Waals surface area contributed by atoms with Crippen molar-refractivity contribution in [3.8, 4) is 5.75 Å². The number of nitrogens with zero attached hydrogens (tertiary/aromatic N) is 1. The Kier molecular flexibility index (Phi) is 6.29. The predicted octanol–water partition coefficient (Wildman–Crippen LogP) is 4.03. The van der Waals surface area contributed by atoms with Gasteiger partial charge >= 0.3 is 5.76 Å². The molecule has 1 heterocycles. The van der Waals surface area contributed by atoms with Gasteiger partial charge < -0.3 is 9.15 Å². The number of hydrogen-bond donors (Lipinski definition) is 1. The van der Waals surface area contributed by atoms with Crippen molar-refractivity contribution < 1.29 is 9.15 Å². The molecule has 0 radical (unpaired) electrons. The van der Waals surface area contributed by atoms with Crippen molar-refractivity contribution in [2.75, 3.05) is 12.4 Å². The minimum Gasteiger partial charge on any atom is -0.490 e. The third-order valence-electron chi connectivity index (χ3n) is 2.35. The molecule has 9 heteroatoms. The third kappa shape index (κ3) is 5.14. The molecule has 0 aliphatic carbocycles. The zero-order valence-corrected chi connectivity index (χ0v) is 13.8. The summed E-state index contributed by atoms with van der Waals surface area (Å²) in [5.74, 6) is 1.63. The minimum atomic E-state index is -0.541.